The molecule has 0 saturated heterocycles. The van der Waals surface area contributed by atoms with Crippen LogP contribution in [0, 0.1) is 13.8 Å². The summed E-state index contributed by atoms with van der Waals surface area (Å²) in [6.07, 6.45) is 0.0477. The molecule has 1 rings (SSSR count). The summed E-state index contributed by atoms with van der Waals surface area (Å²) >= 11 is 0. The molecule has 0 radical (unpaired) electrons. The van der Waals surface area contributed by atoms with Crippen molar-refractivity contribution in [2.45, 2.75) is 33.7 Å². The molecule has 0 fully saturated rings. The molecule has 1 amide bonds. The Hall–Kier alpha value is -2.11. The van der Waals surface area contributed by atoms with Crippen molar-refractivity contribution in [1.82, 2.24) is 4.57 Å². The van der Waals surface area contributed by atoms with Gasteiger partial charge in [0.2, 0.25) is 5.91 Å². The molecule has 0 aromatic carbocycles. The van der Waals surface area contributed by atoms with Gasteiger partial charge in [-0.15, -0.1) is 0 Å². The van der Waals surface area contributed by atoms with Gasteiger partial charge in [-0.3, -0.25) is 9.59 Å². The largest absolute Gasteiger partial charge is 0.462 e. The number of esters is 1. The van der Waals surface area contributed by atoms with Crippen LogP contribution < -0.4 is 11.3 Å². The fourth-order valence-electron chi connectivity index (χ4n) is 1.93. The molecule has 0 spiro atoms. The Morgan fingerprint density at radius 3 is 2.53 bits per heavy atom. The van der Waals surface area contributed by atoms with Gasteiger partial charge < -0.3 is 15.0 Å². The minimum Gasteiger partial charge on any atom is -0.462 e. The third-order valence-corrected chi connectivity index (χ3v) is 2.83. The minimum atomic E-state index is -0.496. The van der Waals surface area contributed by atoms with E-state index in [2.05, 4.69) is 0 Å². The molecule has 0 unspecified atom stereocenters. The van der Waals surface area contributed by atoms with Crippen LogP contribution in [0.2, 0.25) is 0 Å². The van der Waals surface area contributed by atoms with Gasteiger partial charge in [-0.1, -0.05) is 0 Å². The average molecular weight is 266 g/mol. The van der Waals surface area contributed by atoms with Crippen molar-refractivity contribution in [2.75, 3.05) is 6.61 Å². The molecular weight excluding hydrogens is 248 g/mol. The lowest BCUT2D eigenvalue weighted by atomic mass is 10.1. The predicted molar refractivity (Wildman–Crippen MR) is 69.9 cm³/mol. The van der Waals surface area contributed by atoms with Crippen LogP contribution in [0.15, 0.2) is 10.9 Å². The molecule has 1 aromatic rings. The van der Waals surface area contributed by atoms with Gasteiger partial charge in [0, 0.05) is 24.7 Å². The maximum absolute atomic E-state index is 11.9. The molecule has 0 aliphatic heterocycles. The molecule has 6 heteroatoms. The number of carbonyl (C=O) groups is 2. The van der Waals surface area contributed by atoms with Crippen LogP contribution in [0.1, 0.15) is 35.0 Å². The van der Waals surface area contributed by atoms with E-state index in [1.165, 1.54) is 10.6 Å². The molecule has 1 aromatic heterocycles. The molecule has 0 saturated carbocycles. The first-order chi connectivity index (χ1) is 8.88. The van der Waals surface area contributed by atoms with Gasteiger partial charge in [-0.05, 0) is 26.3 Å². The number of primary amides is 1. The standard InChI is InChI=1S/C13H18N2O4/c1-4-19-13(18)12-8(2)7-11(17)15(9(12)3)6-5-10(14)16/h7H,4-6H2,1-3H3,(H2,14,16). The summed E-state index contributed by atoms with van der Waals surface area (Å²) < 4.78 is 6.33. The van der Waals surface area contributed by atoms with Gasteiger partial charge in [0.15, 0.2) is 0 Å². The van der Waals surface area contributed by atoms with Crippen LogP contribution in [0.25, 0.3) is 0 Å². The van der Waals surface area contributed by atoms with Gasteiger partial charge >= 0.3 is 5.97 Å². The van der Waals surface area contributed by atoms with Crippen LogP contribution in [0.3, 0.4) is 0 Å². The molecule has 0 bridgehead atoms. The second-order valence-electron chi connectivity index (χ2n) is 4.21. The summed E-state index contributed by atoms with van der Waals surface area (Å²) in [5, 5.41) is 0. The van der Waals surface area contributed by atoms with E-state index in [1.54, 1.807) is 20.8 Å². The number of nitrogens with zero attached hydrogens (tertiary/aromatic N) is 1. The smallest absolute Gasteiger partial charge is 0.340 e. The highest BCUT2D eigenvalue weighted by molar-refractivity contribution is 5.92. The molecule has 1 heterocycles. The lowest BCUT2D eigenvalue weighted by Crippen LogP contribution is -2.28. The van der Waals surface area contributed by atoms with E-state index < -0.39 is 11.9 Å². The maximum Gasteiger partial charge on any atom is 0.340 e. The minimum absolute atomic E-state index is 0.0477. The lowest BCUT2D eigenvalue weighted by molar-refractivity contribution is -0.118. The molecule has 19 heavy (non-hydrogen) atoms. The van der Waals surface area contributed by atoms with Crippen molar-refractivity contribution in [1.29, 1.82) is 0 Å². The number of amides is 1. The summed E-state index contributed by atoms with van der Waals surface area (Å²) in [7, 11) is 0. The van der Waals surface area contributed by atoms with Crippen LogP contribution in [0.4, 0.5) is 0 Å². The first-order valence-electron chi connectivity index (χ1n) is 6.05. The Labute approximate surface area is 111 Å². The number of carbonyl (C=O) groups excluding carboxylic acids is 2. The van der Waals surface area contributed by atoms with Crippen LogP contribution in [-0.2, 0) is 16.1 Å². The van der Waals surface area contributed by atoms with E-state index in [9.17, 15) is 14.4 Å². The molecular formula is C13H18N2O4. The first-order valence-corrected chi connectivity index (χ1v) is 6.05. The number of hydrogen-bond donors (Lipinski definition) is 1. The summed E-state index contributed by atoms with van der Waals surface area (Å²) in [5.74, 6) is -0.963. The predicted octanol–water partition coefficient (Wildman–Crippen LogP) is 0.517. The number of pyridine rings is 1. The molecule has 0 aliphatic carbocycles. The van der Waals surface area contributed by atoms with Crippen molar-refractivity contribution in [2.24, 2.45) is 5.73 Å². The third-order valence-electron chi connectivity index (χ3n) is 2.83. The number of ether oxygens (including phenoxy) is 1. The van der Waals surface area contributed by atoms with Gasteiger partial charge in [0.1, 0.15) is 0 Å². The number of aromatic nitrogens is 1. The van der Waals surface area contributed by atoms with Gasteiger partial charge in [-0.25, -0.2) is 4.79 Å². The SMILES string of the molecule is CCOC(=O)c1c(C)cc(=O)n(CCC(N)=O)c1C. The number of aryl methyl sites for hydroxylation is 1. The second-order valence-corrected chi connectivity index (χ2v) is 4.21. The summed E-state index contributed by atoms with van der Waals surface area (Å²) in [6.45, 7) is 5.47. The molecule has 0 atom stereocenters. The lowest BCUT2D eigenvalue weighted by Gasteiger charge is -2.14. The third kappa shape index (κ3) is 3.43. The van der Waals surface area contributed by atoms with E-state index in [4.69, 9.17) is 10.5 Å². The van der Waals surface area contributed by atoms with Crippen molar-refractivity contribution in [3.63, 3.8) is 0 Å². The number of nitrogens with two attached hydrogens (primary N) is 1. The fourth-order valence-corrected chi connectivity index (χ4v) is 1.93. The van der Waals surface area contributed by atoms with Gasteiger partial charge in [0.25, 0.3) is 5.56 Å². The first kappa shape index (κ1) is 14.9. The molecule has 0 aliphatic rings. The van der Waals surface area contributed by atoms with E-state index in [-0.39, 0.29) is 25.1 Å². The van der Waals surface area contributed by atoms with E-state index in [0.717, 1.165) is 0 Å². The molecule has 2 N–H and O–H groups in total. The highest BCUT2D eigenvalue weighted by Crippen LogP contribution is 2.13. The van der Waals surface area contributed by atoms with Crippen LogP contribution >= 0.6 is 0 Å². The normalized spacial score (nSPS) is 10.3. The number of hydrogen-bond acceptors (Lipinski definition) is 4. The van der Waals surface area contributed by atoms with E-state index in [1.807, 2.05) is 0 Å². The fraction of sp³-hybridized carbons (Fsp3) is 0.462. The second kappa shape index (κ2) is 6.17. The van der Waals surface area contributed by atoms with E-state index in [0.29, 0.717) is 16.8 Å². The molecule has 6 nitrogen and oxygen atoms in total. The highest BCUT2D eigenvalue weighted by atomic mass is 16.5. The highest BCUT2D eigenvalue weighted by Gasteiger charge is 2.17. The van der Waals surface area contributed by atoms with Gasteiger partial charge in [0.05, 0.1) is 12.2 Å². The zero-order valence-electron chi connectivity index (χ0n) is 11.4. The monoisotopic (exact) mass is 266 g/mol. The summed E-state index contributed by atoms with van der Waals surface area (Å²) in [6, 6.07) is 1.36. The Morgan fingerprint density at radius 1 is 1.37 bits per heavy atom. The Morgan fingerprint density at radius 2 is 2.00 bits per heavy atom. The topological polar surface area (TPSA) is 91.4 Å². The van der Waals surface area contributed by atoms with Crippen molar-refractivity contribution in [3.05, 3.63) is 33.2 Å². The Kier molecular flexibility index (Phi) is 4.86. The zero-order valence-corrected chi connectivity index (χ0v) is 11.4. The number of rotatable bonds is 5. The summed E-state index contributed by atoms with van der Waals surface area (Å²) in [5.41, 5.74) is 6.23. The summed E-state index contributed by atoms with van der Waals surface area (Å²) in [4.78, 5) is 34.5. The average Bonchev–Trinajstić information content (AvgIpc) is 2.27. The quantitative estimate of drug-likeness (QED) is 0.786. The molecule has 104 valence electrons. The van der Waals surface area contributed by atoms with Gasteiger partial charge in [-0.2, -0.15) is 0 Å². The van der Waals surface area contributed by atoms with Crippen molar-refractivity contribution < 1.29 is 14.3 Å². The Balaban J connectivity index is 3.26. The van der Waals surface area contributed by atoms with Crippen LogP contribution in [0.5, 0.6) is 0 Å². The van der Waals surface area contributed by atoms with E-state index >= 15 is 0 Å². The van der Waals surface area contributed by atoms with Crippen LogP contribution in [-0.4, -0.2) is 23.1 Å². The zero-order chi connectivity index (χ0) is 14.6. The van der Waals surface area contributed by atoms with Crippen molar-refractivity contribution >= 4 is 11.9 Å². The van der Waals surface area contributed by atoms with Crippen molar-refractivity contribution in [3.8, 4) is 0 Å². The Bertz CT molecular complexity index is 560. The maximum atomic E-state index is 11.9.